The summed E-state index contributed by atoms with van der Waals surface area (Å²) in [6, 6.07) is 5.08. The molecule has 1 N–H and O–H groups in total. The molecule has 0 atom stereocenters. The topological polar surface area (TPSA) is 20.2 Å². The van der Waals surface area contributed by atoms with E-state index in [1.165, 1.54) is 23.9 Å². The van der Waals surface area contributed by atoms with Crippen LogP contribution in [-0.2, 0) is 13.5 Å². The van der Waals surface area contributed by atoms with E-state index in [-0.39, 0.29) is 5.82 Å². The van der Waals surface area contributed by atoms with Crippen LogP contribution in [0.1, 0.15) is 12.0 Å². The largest absolute Gasteiger partial charge is 0.350 e. The summed E-state index contributed by atoms with van der Waals surface area (Å²) in [5.74, 6) is -0.163. The molecule has 4 heteroatoms. The molecule has 1 aromatic heterocycles. The van der Waals surface area contributed by atoms with E-state index in [1.807, 2.05) is 17.7 Å². The third kappa shape index (κ3) is 2.86. The quantitative estimate of drug-likeness (QED) is 0.926. The average molecular weight is 275 g/mol. The number of nitrogens with zero attached hydrogens (tertiary/aromatic N) is 2. The van der Waals surface area contributed by atoms with Gasteiger partial charge >= 0.3 is 0 Å². The molecule has 1 fully saturated rings. The van der Waals surface area contributed by atoms with E-state index in [4.69, 9.17) is 0 Å². The van der Waals surface area contributed by atoms with Crippen molar-refractivity contribution in [3.8, 4) is 0 Å². The van der Waals surface area contributed by atoms with Gasteiger partial charge in [-0.3, -0.25) is 0 Å². The van der Waals surface area contributed by atoms with E-state index in [0.29, 0.717) is 0 Å². The van der Waals surface area contributed by atoms with E-state index in [9.17, 15) is 4.39 Å². The smallest absolute Gasteiger partial charge is 0.125 e. The summed E-state index contributed by atoms with van der Waals surface area (Å²) >= 11 is 0. The average Bonchev–Trinajstić information content (AvgIpc) is 2.64. The fourth-order valence-electron chi connectivity index (χ4n) is 3.04. The van der Waals surface area contributed by atoms with Gasteiger partial charge in [0.15, 0.2) is 0 Å². The second-order valence-corrected chi connectivity index (χ2v) is 5.62. The van der Waals surface area contributed by atoms with Crippen LogP contribution in [0.5, 0.6) is 0 Å². The standard InChI is InChI=1S/C16H22FN3/c1-19-12-13(15-4-3-14(17)11-16(15)19)5-9-20-8-2-6-18-7-10-20/h3-4,11-12,18H,2,5-10H2,1H3. The lowest BCUT2D eigenvalue weighted by Gasteiger charge is -2.18. The van der Waals surface area contributed by atoms with Gasteiger partial charge in [-0.05, 0) is 49.7 Å². The lowest BCUT2D eigenvalue weighted by Crippen LogP contribution is -2.30. The van der Waals surface area contributed by atoms with Crippen LogP contribution in [-0.4, -0.2) is 42.2 Å². The molecule has 0 aliphatic carbocycles. The summed E-state index contributed by atoms with van der Waals surface area (Å²) in [5.41, 5.74) is 2.30. The maximum absolute atomic E-state index is 13.3. The van der Waals surface area contributed by atoms with Gasteiger partial charge in [0.1, 0.15) is 5.82 Å². The fraction of sp³-hybridized carbons (Fsp3) is 0.500. The molecule has 0 amide bonds. The highest BCUT2D eigenvalue weighted by Crippen LogP contribution is 2.22. The van der Waals surface area contributed by atoms with E-state index in [2.05, 4.69) is 16.4 Å². The maximum atomic E-state index is 13.3. The minimum absolute atomic E-state index is 0.163. The van der Waals surface area contributed by atoms with Gasteiger partial charge < -0.3 is 14.8 Å². The van der Waals surface area contributed by atoms with Crippen LogP contribution in [0.4, 0.5) is 4.39 Å². The number of halogens is 1. The number of hydrogen-bond donors (Lipinski definition) is 1. The summed E-state index contributed by atoms with van der Waals surface area (Å²) < 4.78 is 15.3. The second-order valence-electron chi connectivity index (χ2n) is 5.62. The van der Waals surface area contributed by atoms with Gasteiger partial charge in [0.25, 0.3) is 0 Å². The van der Waals surface area contributed by atoms with Crippen LogP contribution in [0.25, 0.3) is 10.9 Å². The van der Waals surface area contributed by atoms with Crippen LogP contribution < -0.4 is 5.32 Å². The molecule has 108 valence electrons. The lowest BCUT2D eigenvalue weighted by molar-refractivity contribution is 0.296. The molecule has 1 aliphatic heterocycles. The molecule has 3 rings (SSSR count). The molecular formula is C16H22FN3. The third-order valence-corrected chi connectivity index (χ3v) is 4.17. The molecule has 2 heterocycles. The zero-order chi connectivity index (χ0) is 13.9. The number of nitrogens with one attached hydrogen (secondary N) is 1. The van der Waals surface area contributed by atoms with Crippen LogP contribution >= 0.6 is 0 Å². The molecule has 0 saturated carbocycles. The highest BCUT2D eigenvalue weighted by atomic mass is 19.1. The number of hydrogen-bond acceptors (Lipinski definition) is 2. The Morgan fingerprint density at radius 3 is 3.05 bits per heavy atom. The molecular weight excluding hydrogens is 253 g/mol. The SMILES string of the molecule is Cn1cc(CCN2CCCNCC2)c2ccc(F)cc21. The molecule has 0 spiro atoms. The van der Waals surface area contributed by atoms with Crippen LogP contribution in [0.15, 0.2) is 24.4 Å². The monoisotopic (exact) mass is 275 g/mol. The second kappa shape index (κ2) is 5.94. The minimum atomic E-state index is -0.163. The molecule has 0 unspecified atom stereocenters. The van der Waals surface area contributed by atoms with Crippen molar-refractivity contribution < 1.29 is 4.39 Å². The predicted octanol–water partition coefficient (Wildman–Crippen LogP) is 2.16. The van der Waals surface area contributed by atoms with E-state index in [0.717, 1.165) is 38.1 Å². The van der Waals surface area contributed by atoms with Crippen molar-refractivity contribution in [3.63, 3.8) is 0 Å². The molecule has 0 radical (unpaired) electrons. The van der Waals surface area contributed by atoms with Gasteiger partial charge in [0.2, 0.25) is 0 Å². The van der Waals surface area contributed by atoms with Crippen molar-refractivity contribution in [2.24, 2.45) is 7.05 Å². The van der Waals surface area contributed by atoms with Crippen LogP contribution in [0.3, 0.4) is 0 Å². The first kappa shape index (κ1) is 13.6. The fourth-order valence-corrected chi connectivity index (χ4v) is 3.04. The van der Waals surface area contributed by atoms with E-state index < -0.39 is 0 Å². The van der Waals surface area contributed by atoms with Crippen LogP contribution in [0.2, 0.25) is 0 Å². The Hall–Kier alpha value is -1.39. The number of benzene rings is 1. The third-order valence-electron chi connectivity index (χ3n) is 4.17. The highest BCUT2D eigenvalue weighted by Gasteiger charge is 2.11. The van der Waals surface area contributed by atoms with Crippen molar-refractivity contribution in [2.45, 2.75) is 12.8 Å². The predicted molar refractivity (Wildman–Crippen MR) is 80.5 cm³/mol. The van der Waals surface area contributed by atoms with Gasteiger partial charge in [-0.1, -0.05) is 0 Å². The first-order valence-electron chi connectivity index (χ1n) is 7.40. The summed E-state index contributed by atoms with van der Waals surface area (Å²) in [6.45, 7) is 5.59. The molecule has 20 heavy (non-hydrogen) atoms. The Labute approximate surface area is 119 Å². The van der Waals surface area contributed by atoms with E-state index >= 15 is 0 Å². The maximum Gasteiger partial charge on any atom is 0.125 e. The van der Waals surface area contributed by atoms with Crippen molar-refractivity contribution >= 4 is 10.9 Å². The van der Waals surface area contributed by atoms with Crippen molar-refractivity contribution in [1.29, 1.82) is 0 Å². The molecule has 1 aliphatic rings. The van der Waals surface area contributed by atoms with Gasteiger partial charge in [-0.2, -0.15) is 0 Å². The number of fused-ring (bicyclic) bond motifs is 1. The van der Waals surface area contributed by atoms with Gasteiger partial charge in [0.05, 0.1) is 5.52 Å². The normalized spacial score (nSPS) is 17.5. The van der Waals surface area contributed by atoms with Crippen molar-refractivity contribution in [1.82, 2.24) is 14.8 Å². The van der Waals surface area contributed by atoms with Crippen molar-refractivity contribution in [2.75, 3.05) is 32.7 Å². The zero-order valence-corrected chi connectivity index (χ0v) is 12.0. The molecule has 0 bridgehead atoms. The number of aromatic nitrogens is 1. The summed E-state index contributed by atoms with van der Waals surface area (Å²) in [6.07, 6.45) is 4.39. The highest BCUT2D eigenvalue weighted by molar-refractivity contribution is 5.84. The van der Waals surface area contributed by atoms with E-state index in [1.54, 1.807) is 12.1 Å². The Morgan fingerprint density at radius 1 is 1.25 bits per heavy atom. The van der Waals surface area contributed by atoms with Gasteiger partial charge in [-0.25, -0.2) is 4.39 Å². The summed E-state index contributed by atoms with van der Waals surface area (Å²) in [5, 5.41) is 4.61. The van der Waals surface area contributed by atoms with Gasteiger partial charge in [-0.15, -0.1) is 0 Å². The molecule has 1 aromatic carbocycles. The number of aryl methyl sites for hydroxylation is 1. The summed E-state index contributed by atoms with van der Waals surface area (Å²) in [4.78, 5) is 2.52. The van der Waals surface area contributed by atoms with Crippen molar-refractivity contribution in [3.05, 3.63) is 35.8 Å². The van der Waals surface area contributed by atoms with Crippen LogP contribution in [0, 0.1) is 5.82 Å². The summed E-state index contributed by atoms with van der Waals surface area (Å²) in [7, 11) is 1.99. The first-order valence-corrected chi connectivity index (χ1v) is 7.40. The Bertz CT molecular complexity index is 583. The minimum Gasteiger partial charge on any atom is -0.350 e. The Morgan fingerprint density at radius 2 is 2.15 bits per heavy atom. The zero-order valence-electron chi connectivity index (χ0n) is 12.0. The Kier molecular flexibility index (Phi) is 4.03. The number of rotatable bonds is 3. The first-order chi connectivity index (χ1) is 9.74. The Balaban J connectivity index is 1.74. The lowest BCUT2D eigenvalue weighted by atomic mass is 10.1. The molecule has 1 saturated heterocycles. The molecule has 3 nitrogen and oxygen atoms in total. The molecule has 2 aromatic rings. The van der Waals surface area contributed by atoms with Gasteiger partial charge in [0, 0.05) is 38.3 Å².